The molecule has 25 heavy (non-hydrogen) atoms. The highest BCUT2D eigenvalue weighted by Crippen LogP contribution is 2.26. The zero-order valence-electron chi connectivity index (χ0n) is 13.9. The number of ether oxygens (including phenoxy) is 1. The first-order valence-electron chi connectivity index (χ1n) is 8.16. The Hall–Kier alpha value is -1.99. The van der Waals surface area contributed by atoms with Gasteiger partial charge in [-0.1, -0.05) is 36.7 Å². The first-order valence-corrected chi connectivity index (χ1v) is 8.54. The topological polar surface area (TPSA) is 75.3 Å². The molecular weight excluding hydrogens is 340 g/mol. The highest BCUT2D eigenvalue weighted by molar-refractivity contribution is 6.31. The third-order valence-electron chi connectivity index (χ3n) is 4.28. The summed E-state index contributed by atoms with van der Waals surface area (Å²) in [6.45, 7) is 2.36. The molecule has 1 aromatic carbocycles. The Balaban J connectivity index is 1.46. The smallest absolute Gasteiger partial charge is 0.247 e. The molecule has 0 saturated carbocycles. The second-order valence-corrected chi connectivity index (χ2v) is 6.44. The number of hydrogen-bond donors (Lipinski definition) is 3. The molecule has 132 valence electrons. The van der Waals surface area contributed by atoms with E-state index in [-0.39, 0.29) is 30.6 Å². The monoisotopic (exact) mass is 360 g/mol. The van der Waals surface area contributed by atoms with E-state index < -0.39 is 0 Å². The number of nitrogens with one attached hydrogen (secondary N) is 3. The van der Waals surface area contributed by atoms with Gasteiger partial charge in [0.2, 0.25) is 5.91 Å². The third kappa shape index (κ3) is 4.55. The number of carbonyl (C=O) groups excluding carboxylic acids is 1. The van der Waals surface area contributed by atoms with Crippen molar-refractivity contribution in [2.45, 2.75) is 25.7 Å². The summed E-state index contributed by atoms with van der Waals surface area (Å²) in [5.41, 5.74) is 8.33. The van der Waals surface area contributed by atoms with Crippen molar-refractivity contribution in [2.75, 3.05) is 6.61 Å². The van der Waals surface area contributed by atoms with Gasteiger partial charge in [-0.2, -0.15) is 0 Å². The maximum absolute atomic E-state index is 12.1. The molecule has 6 nitrogen and oxygen atoms in total. The van der Waals surface area contributed by atoms with Crippen LogP contribution in [0.2, 0.25) is 5.02 Å². The molecule has 1 aliphatic rings. The maximum atomic E-state index is 12.1. The van der Waals surface area contributed by atoms with Crippen LogP contribution in [0, 0.1) is 5.92 Å². The molecule has 0 spiro atoms. The number of amides is 1. The van der Waals surface area contributed by atoms with Crippen molar-refractivity contribution in [1.82, 2.24) is 21.2 Å². The summed E-state index contributed by atoms with van der Waals surface area (Å²) < 4.78 is 5.47. The summed E-state index contributed by atoms with van der Waals surface area (Å²) in [5, 5.41) is 3.58. The molecule has 7 heteroatoms. The number of aromatic nitrogens is 1. The molecule has 0 bridgehead atoms. The average Bonchev–Trinajstić information content (AvgIpc) is 2.98. The van der Waals surface area contributed by atoms with Gasteiger partial charge in [-0.25, -0.2) is 10.9 Å². The first kappa shape index (κ1) is 17.8. The summed E-state index contributed by atoms with van der Waals surface area (Å²) in [6, 6.07) is 11.5. The zero-order chi connectivity index (χ0) is 17.6. The lowest BCUT2D eigenvalue weighted by molar-refractivity contribution is -0.127. The summed E-state index contributed by atoms with van der Waals surface area (Å²) >= 11 is 6.07. The molecule has 1 amide bonds. The average molecular weight is 361 g/mol. The van der Waals surface area contributed by atoms with E-state index in [0.717, 1.165) is 11.1 Å². The number of hydrazine groups is 1. The molecule has 1 aromatic heterocycles. The molecule has 2 heterocycles. The summed E-state index contributed by atoms with van der Waals surface area (Å²) in [5.74, 6) is 0.00324. The van der Waals surface area contributed by atoms with E-state index in [0.29, 0.717) is 11.6 Å². The van der Waals surface area contributed by atoms with Gasteiger partial charge in [-0.15, -0.1) is 0 Å². The number of halogens is 1. The van der Waals surface area contributed by atoms with E-state index in [2.05, 4.69) is 28.1 Å². The quantitative estimate of drug-likeness (QED) is 0.736. The second kappa shape index (κ2) is 8.40. The number of carbonyl (C=O) groups is 1. The van der Waals surface area contributed by atoms with Crippen molar-refractivity contribution in [3.63, 3.8) is 0 Å². The fourth-order valence-electron chi connectivity index (χ4n) is 2.84. The van der Waals surface area contributed by atoms with Gasteiger partial charge < -0.3 is 10.1 Å². The minimum Gasteiger partial charge on any atom is -0.367 e. The lowest BCUT2D eigenvalue weighted by Crippen LogP contribution is -2.47. The van der Waals surface area contributed by atoms with Gasteiger partial charge in [0.15, 0.2) is 0 Å². The summed E-state index contributed by atoms with van der Waals surface area (Å²) in [7, 11) is 0. The van der Waals surface area contributed by atoms with Crippen LogP contribution in [0.3, 0.4) is 0 Å². The van der Waals surface area contributed by atoms with Crippen molar-refractivity contribution >= 4 is 17.5 Å². The van der Waals surface area contributed by atoms with Crippen LogP contribution in [0.1, 0.15) is 24.1 Å². The molecule has 3 unspecified atom stereocenters. The SMILES string of the molecule is CC1C(NC(=O)COCc2ccccc2Cl)NNC1c1ccncc1. The van der Waals surface area contributed by atoms with E-state index in [9.17, 15) is 4.79 Å². The van der Waals surface area contributed by atoms with Crippen LogP contribution in [0.15, 0.2) is 48.8 Å². The van der Waals surface area contributed by atoms with E-state index in [1.165, 1.54) is 0 Å². The molecule has 3 atom stereocenters. The molecule has 1 fully saturated rings. The van der Waals surface area contributed by atoms with Gasteiger partial charge in [0.05, 0.1) is 18.8 Å². The number of benzene rings is 1. The number of pyridine rings is 1. The molecule has 3 rings (SSSR count). The minimum absolute atomic E-state index is 0.0178. The van der Waals surface area contributed by atoms with Crippen LogP contribution in [0.5, 0.6) is 0 Å². The normalized spacial score (nSPS) is 22.7. The second-order valence-electron chi connectivity index (χ2n) is 6.04. The molecule has 1 aliphatic heterocycles. The largest absolute Gasteiger partial charge is 0.367 e. The van der Waals surface area contributed by atoms with Crippen LogP contribution in [0.25, 0.3) is 0 Å². The maximum Gasteiger partial charge on any atom is 0.247 e. The molecular formula is C18H21ClN4O2. The van der Waals surface area contributed by atoms with Crippen molar-refractivity contribution in [1.29, 1.82) is 0 Å². The van der Waals surface area contributed by atoms with Gasteiger partial charge in [0.1, 0.15) is 6.61 Å². The Morgan fingerprint density at radius 3 is 2.76 bits per heavy atom. The van der Waals surface area contributed by atoms with Gasteiger partial charge in [0, 0.05) is 23.3 Å². The Labute approximate surface area is 151 Å². The predicted octanol–water partition coefficient (Wildman–Crippen LogP) is 2.18. The molecule has 2 aromatic rings. The zero-order valence-corrected chi connectivity index (χ0v) is 14.7. The molecule has 3 N–H and O–H groups in total. The molecule has 0 aliphatic carbocycles. The third-order valence-corrected chi connectivity index (χ3v) is 4.64. The van der Waals surface area contributed by atoms with Crippen molar-refractivity contribution in [3.05, 3.63) is 64.9 Å². The lowest BCUT2D eigenvalue weighted by atomic mass is 9.95. The van der Waals surface area contributed by atoms with Crippen molar-refractivity contribution < 1.29 is 9.53 Å². The molecule has 1 saturated heterocycles. The first-order chi connectivity index (χ1) is 12.1. The van der Waals surface area contributed by atoms with Crippen LogP contribution in [-0.2, 0) is 16.1 Å². The summed E-state index contributed by atoms with van der Waals surface area (Å²) in [6.07, 6.45) is 3.35. The van der Waals surface area contributed by atoms with E-state index in [1.54, 1.807) is 18.5 Å². The highest BCUT2D eigenvalue weighted by Gasteiger charge is 2.34. The Kier molecular flexibility index (Phi) is 5.99. The van der Waals surface area contributed by atoms with Crippen molar-refractivity contribution in [3.8, 4) is 0 Å². The number of rotatable bonds is 6. The fourth-order valence-corrected chi connectivity index (χ4v) is 3.03. The van der Waals surface area contributed by atoms with E-state index in [1.807, 2.05) is 30.3 Å². The summed E-state index contributed by atoms with van der Waals surface area (Å²) in [4.78, 5) is 16.1. The highest BCUT2D eigenvalue weighted by atomic mass is 35.5. The Bertz CT molecular complexity index is 713. The Morgan fingerprint density at radius 2 is 2.00 bits per heavy atom. The van der Waals surface area contributed by atoms with Crippen LogP contribution in [-0.4, -0.2) is 23.7 Å². The number of nitrogens with zero attached hydrogens (tertiary/aromatic N) is 1. The number of hydrogen-bond acceptors (Lipinski definition) is 5. The fraction of sp³-hybridized carbons (Fsp3) is 0.333. The van der Waals surface area contributed by atoms with Crippen LogP contribution in [0.4, 0.5) is 0 Å². The van der Waals surface area contributed by atoms with E-state index in [4.69, 9.17) is 16.3 Å². The van der Waals surface area contributed by atoms with Gasteiger partial charge in [-0.3, -0.25) is 9.78 Å². The van der Waals surface area contributed by atoms with Gasteiger partial charge in [0.25, 0.3) is 0 Å². The van der Waals surface area contributed by atoms with Gasteiger partial charge in [-0.05, 0) is 29.3 Å². The molecule has 0 radical (unpaired) electrons. The van der Waals surface area contributed by atoms with Crippen LogP contribution >= 0.6 is 11.6 Å². The van der Waals surface area contributed by atoms with Gasteiger partial charge >= 0.3 is 0 Å². The predicted molar refractivity (Wildman–Crippen MR) is 95.5 cm³/mol. The minimum atomic E-state index is -0.173. The van der Waals surface area contributed by atoms with Crippen molar-refractivity contribution in [2.24, 2.45) is 5.92 Å². The standard InChI is InChI=1S/C18H21ClN4O2/c1-12-17(13-6-8-20-9-7-13)22-23-18(12)21-16(24)11-25-10-14-4-2-3-5-15(14)19/h2-9,12,17-18,22-23H,10-11H2,1H3,(H,21,24). The Morgan fingerprint density at radius 1 is 1.24 bits per heavy atom. The van der Waals surface area contributed by atoms with E-state index >= 15 is 0 Å². The van der Waals surface area contributed by atoms with Crippen LogP contribution < -0.4 is 16.2 Å². The lowest BCUT2D eigenvalue weighted by Gasteiger charge is -2.19.